The summed E-state index contributed by atoms with van der Waals surface area (Å²) in [4.78, 5) is 2.33. The van der Waals surface area contributed by atoms with Crippen molar-refractivity contribution in [1.29, 1.82) is 0 Å². The zero-order valence-corrected chi connectivity index (χ0v) is 35.3. The number of benzene rings is 11. The van der Waals surface area contributed by atoms with Crippen molar-refractivity contribution in [2.24, 2.45) is 0 Å². The lowest BCUT2D eigenvalue weighted by Gasteiger charge is -2.26. The lowest BCUT2D eigenvalue weighted by atomic mass is 9.93. The van der Waals surface area contributed by atoms with Crippen LogP contribution in [0.1, 0.15) is 0 Å². The highest BCUT2D eigenvalue weighted by Crippen LogP contribution is 2.45. The quantitative estimate of drug-likeness (QED) is 0.150. The van der Waals surface area contributed by atoms with Gasteiger partial charge < -0.3 is 13.7 Å². The summed E-state index contributed by atoms with van der Waals surface area (Å²) in [6.07, 6.45) is 0. The first kappa shape index (κ1) is 36.9. The minimum Gasteiger partial charge on any atom is -0.455 e. The number of anilines is 3. The number of para-hydroxylation sites is 4. The van der Waals surface area contributed by atoms with Gasteiger partial charge in [-0.3, -0.25) is 0 Å². The molecular weight excluding hydrogens is 791 g/mol. The number of hydrogen-bond acceptors (Lipinski definition) is 3. The SMILES string of the molecule is c1ccc(-c2cccc3c2oc2c(N(c4ccc(-c5ccc(-c6cccc7c6oc6ccccc67)cc5)cc4)c4ccc(-c5cc6ccccc6c6ccccc56)cc4)cccc23)cc1. The second-order valence-electron chi connectivity index (χ2n) is 16.8. The van der Waals surface area contributed by atoms with Gasteiger partial charge in [-0.25, -0.2) is 0 Å². The number of furan rings is 2. The third kappa shape index (κ3) is 6.12. The van der Waals surface area contributed by atoms with Gasteiger partial charge in [-0.15, -0.1) is 0 Å². The maximum Gasteiger partial charge on any atom is 0.159 e. The fourth-order valence-corrected chi connectivity index (χ4v) is 9.96. The molecule has 11 aromatic carbocycles. The highest BCUT2D eigenvalue weighted by Gasteiger charge is 2.22. The van der Waals surface area contributed by atoms with E-state index < -0.39 is 0 Å². The maximum absolute atomic E-state index is 7.01. The fraction of sp³-hybridized carbons (Fsp3) is 0. The van der Waals surface area contributed by atoms with Gasteiger partial charge in [0.25, 0.3) is 0 Å². The van der Waals surface area contributed by atoms with E-state index in [1.807, 2.05) is 12.1 Å². The van der Waals surface area contributed by atoms with Crippen LogP contribution in [-0.4, -0.2) is 0 Å². The van der Waals surface area contributed by atoms with Crippen LogP contribution in [-0.2, 0) is 0 Å². The maximum atomic E-state index is 7.01. The van der Waals surface area contributed by atoms with Crippen molar-refractivity contribution in [3.8, 4) is 44.5 Å². The van der Waals surface area contributed by atoms with Crippen LogP contribution < -0.4 is 4.90 Å². The lowest BCUT2D eigenvalue weighted by Crippen LogP contribution is -2.10. The molecule has 0 aliphatic heterocycles. The van der Waals surface area contributed by atoms with Crippen LogP contribution in [0.2, 0.25) is 0 Å². The highest BCUT2D eigenvalue weighted by atomic mass is 16.3. The second-order valence-corrected chi connectivity index (χ2v) is 16.8. The molecule has 0 saturated carbocycles. The van der Waals surface area contributed by atoms with Crippen molar-refractivity contribution >= 4 is 82.5 Å². The molecule has 2 heterocycles. The molecule has 0 bridgehead atoms. The summed E-state index contributed by atoms with van der Waals surface area (Å²) in [5.41, 5.74) is 15.7. The number of rotatable bonds is 7. The van der Waals surface area contributed by atoms with Crippen molar-refractivity contribution in [3.05, 3.63) is 237 Å². The van der Waals surface area contributed by atoms with Crippen molar-refractivity contribution in [1.82, 2.24) is 0 Å². The zero-order valence-electron chi connectivity index (χ0n) is 35.3. The molecule has 0 atom stereocenters. The van der Waals surface area contributed by atoms with Gasteiger partial charge in [-0.1, -0.05) is 194 Å². The van der Waals surface area contributed by atoms with E-state index >= 15 is 0 Å². The predicted molar refractivity (Wildman–Crippen MR) is 272 cm³/mol. The minimum atomic E-state index is 0.842. The molecule has 0 radical (unpaired) electrons. The van der Waals surface area contributed by atoms with E-state index in [9.17, 15) is 0 Å². The molecule has 0 aliphatic carbocycles. The molecule has 65 heavy (non-hydrogen) atoms. The molecule has 0 saturated heterocycles. The number of fused-ring (bicyclic) bond motifs is 9. The second kappa shape index (κ2) is 15.0. The summed E-state index contributed by atoms with van der Waals surface area (Å²) in [5, 5.41) is 9.45. The standard InChI is InChI=1S/C62H39NO2/c1-2-13-42(14-3-1)49-20-11-23-55-56-24-12-25-58(62(56)65-61(49)55)63(47-37-33-44(34-38-47)57-39-45-15-4-5-16-48(45)51-17-6-7-18-52(51)57)46-35-31-41(32-36-46)40-27-29-43(30-28-40)50-21-10-22-54-53-19-8-9-26-59(53)64-60(50)54/h1-39H. The summed E-state index contributed by atoms with van der Waals surface area (Å²) in [6, 6.07) is 84.5. The Bertz CT molecular complexity index is 3920. The Morgan fingerprint density at radius 2 is 0.723 bits per heavy atom. The average Bonchev–Trinajstić information content (AvgIpc) is 3.97. The molecule has 3 nitrogen and oxygen atoms in total. The van der Waals surface area contributed by atoms with Gasteiger partial charge in [-0.2, -0.15) is 0 Å². The van der Waals surface area contributed by atoms with E-state index in [0.29, 0.717) is 0 Å². The normalized spacial score (nSPS) is 11.7. The number of hydrogen-bond donors (Lipinski definition) is 0. The number of nitrogens with zero attached hydrogens (tertiary/aromatic N) is 1. The van der Waals surface area contributed by atoms with Crippen LogP contribution >= 0.6 is 0 Å². The van der Waals surface area contributed by atoms with Gasteiger partial charge in [0.15, 0.2) is 5.58 Å². The van der Waals surface area contributed by atoms with Crippen LogP contribution in [0.15, 0.2) is 245 Å². The van der Waals surface area contributed by atoms with E-state index in [1.165, 1.54) is 32.7 Å². The van der Waals surface area contributed by atoms with Gasteiger partial charge in [0.2, 0.25) is 0 Å². The van der Waals surface area contributed by atoms with E-state index in [4.69, 9.17) is 8.83 Å². The van der Waals surface area contributed by atoms with Crippen LogP contribution in [0.4, 0.5) is 17.1 Å². The predicted octanol–water partition coefficient (Wildman–Crippen LogP) is 17.9. The summed E-state index contributed by atoms with van der Waals surface area (Å²) in [7, 11) is 0. The molecule has 0 N–H and O–H groups in total. The molecule has 0 amide bonds. The Morgan fingerprint density at radius 1 is 0.262 bits per heavy atom. The minimum absolute atomic E-state index is 0.842. The monoisotopic (exact) mass is 829 g/mol. The van der Waals surface area contributed by atoms with Gasteiger partial charge in [-0.05, 0) is 97.4 Å². The Morgan fingerprint density at radius 3 is 1.43 bits per heavy atom. The third-order valence-corrected chi connectivity index (χ3v) is 13.1. The Kier molecular flexibility index (Phi) is 8.53. The Labute approximate surface area is 375 Å². The van der Waals surface area contributed by atoms with E-state index in [1.54, 1.807) is 0 Å². The molecule has 0 aliphatic rings. The molecule has 0 spiro atoms. The molecule has 0 fully saturated rings. The zero-order chi connectivity index (χ0) is 42.8. The first-order valence-corrected chi connectivity index (χ1v) is 22.2. The summed E-state index contributed by atoms with van der Waals surface area (Å²) < 4.78 is 13.4. The Hall–Kier alpha value is -8.66. The molecule has 13 aromatic rings. The smallest absolute Gasteiger partial charge is 0.159 e. The van der Waals surface area contributed by atoms with Crippen LogP contribution in [0, 0.1) is 0 Å². The molecule has 2 aromatic heterocycles. The van der Waals surface area contributed by atoms with Crippen molar-refractivity contribution in [2.75, 3.05) is 4.90 Å². The van der Waals surface area contributed by atoms with Gasteiger partial charge in [0.1, 0.15) is 16.7 Å². The molecule has 304 valence electrons. The van der Waals surface area contributed by atoms with Crippen LogP contribution in [0.25, 0.3) is 110 Å². The van der Waals surface area contributed by atoms with Crippen LogP contribution in [0.3, 0.4) is 0 Å². The van der Waals surface area contributed by atoms with Crippen molar-refractivity contribution in [3.63, 3.8) is 0 Å². The third-order valence-electron chi connectivity index (χ3n) is 13.1. The Balaban J connectivity index is 0.919. The van der Waals surface area contributed by atoms with E-state index in [0.717, 1.165) is 94.3 Å². The lowest BCUT2D eigenvalue weighted by molar-refractivity contribution is 0.669. The van der Waals surface area contributed by atoms with E-state index in [-0.39, 0.29) is 0 Å². The largest absolute Gasteiger partial charge is 0.455 e. The van der Waals surface area contributed by atoms with Crippen LogP contribution in [0.5, 0.6) is 0 Å². The fourth-order valence-electron chi connectivity index (χ4n) is 9.96. The summed E-state index contributed by atoms with van der Waals surface area (Å²) in [6.45, 7) is 0. The van der Waals surface area contributed by atoms with Gasteiger partial charge in [0, 0.05) is 44.0 Å². The summed E-state index contributed by atoms with van der Waals surface area (Å²) in [5.74, 6) is 0. The van der Waals surface area contributed by atoms with Crippen molar-refractivity contribution in [2.45, 2.75) is 0 Å². The summed E-state index contributed by atoms with van der Waals surface area (Å²) >= 11 is 0. The molecular formula is C62H39NO2. The highest BCUT2D eigenvalue weighted by molar-refractivity contribution is 6.15. The topological polar surface area (TPSA) is 29.5 Å². The van der Waals surface area contributed by atoms with Crippen molar-refractivity contribution < 1.29 is 8.83 Å². The molecule has 3 heteroatoms. The average molecular weight is 830 g/mol. The molecule has 0 unspecified atom stereocenters. The molecule has 13 rings (SSSR count). The van der Waals surface area contributed by atoms with Gasteiger partial charge >= 0.3 is 0 Å². The van der Waals surface area contributed by atoms with Gasteiger partial charge in [0.05, 0.1) is 5.69 Å². The first-order chi connectivity index (χ1) is 32.2. The van der Waals surface area contributed by atoms with E-state index in [2.05, 4.69) is 229 Å². The first-order valence-electron chi connectivity index (χ1n) is 22.2.